The van der Waals surface area contributed by atoms with Crippen molar-refractivity contribution < 1.29 is 13.5 Å². The molecule has 10 heteroatoms. The first-order valence-corrected chi connectivity index (χ1v) is 11.6. The van der Waals surface area contributed by atoms with Gasteiger partial charge in [-0.15, -0.1) is 11.3 Å². The Morgan fingerprint density at radius 2 is 1.55 bits per heavy atom. The summed E-state index contributed by atoms with van der Waals surface area (Å²) >= 11 is 1.43. The maximum atomic E-state index is 12.6. The molecule has 0 aliphatic rings. The second-order valence-electron chi connectivity index (χ2n) is 6.81. The van der Waals surface area contributed by atoms with Gasteiger partial charge in [0.25, 0.3) is 10.0 Å². The second kappa shape index (κ2) is 8.32. The summed E-state index contributed by atoms with van der Waals surface area (Å²) in [7, 11) is -3.81. The zero-order chi connectivity index (χ0) is 22.0. The molecule has 2 aromatic carbocycles. The van der Waals surface area contributed by atoms with Gasteiger partial charge in [0.05, 0.1) is 10.6 Å². The lowest BCUT2D eigenvalue weighted by atomic mass is 10.2. The van der Waals surface area contributed by atoms with Crippen molar-refractivity contribution in [3.63, 3.8) is 0 Å². The van der Waals surface area contributed by atoms with Crippen molar-refractivity contribution in [2.24, 2.45) is 0 Å². The van der Waals surface area contributed by atoms with Crippen LogP contribution < -0.4 is 10.0 Å². The molecule has 0 aliphatic carbocycles. The second-order valence-corrected chi connectivity index (χ2v) is 9.35. The molecule has 4 rings (SSSR count). The number of nitrogens with zero attached hydrogens (tertiary/aromatic N) is 3. The molecule has 0 saturated heterocycles. The van der Waals surface area contributed by atoms with Crippen LogP contribution in [0.4, 0.5) is 16.8 Å². The fraction of sp³-hybridized carbons (Fsp3) is 0.0952. The lowest BCUT2D eigenvalue weighted by Crippen LogP contribution is -2.15. The third-order valence-electron chi connectivity index (χ3n) is 4.29. The smallest absolute Gasteiger partial charge is 0.264 e. The number of hydrogen-bond acceptors (Lipinski definition) is 8. The highest BCUT2D eigenvalue weighted by atomic mass is 32.2. The van der Waals surface area contributed by atoms with Gasteiger partial charge in [-0.1, -0.05) is 0 Å². The van der Waals surface area contributed by atoms with Crippen LogP contribution in [0.1, 0.15) is 11.4 Å². The number of sulfonamides is 1. The molecule has 31 heavy (non-hydrogen) atoms. The number of aromatic hydroxyl groups is 1. The number of phenolic OH excluding ortho intramolecular Hbond substituents is 1. The highest BCUT2D eigenvalue weighted by Crippen LogP contribution is 2.28. The summed E-state index contributed by atoms with van der Waals surface area (Å²) in [6.07, 6.45) is 0. The minimum absolute atomic E-state index is 0.0456. The van der Waals surface area contributed by atoms with Gasteiger partial charge in [-0.3, -0.25) is 0 Å². The monoisotopic (exact) mass is 453 g/mol. The van der Waals surface area contributed by atoms with E-state index in [0.29, 0.717) is 22.2 Å². The third-order valence-corrected chi connectivity index (χ3v) is 6.39. The van der Waals surface area contributed by atoms with Crippen LogP contribution in [0, 0.1) is 13.8 Å². The van der Waals surface area contributed by atoms with Crippen molar-refractivity contribution in [3.8, 4) is 17.0 Å². The first-order valence-electron chi connectivity index (χ1n) is 9.26. The lowest BCUT2D eigenvalue weighted by Gasteiger charge is -2.09. The molecule has 158 valence electrons. The first kappa shape index (κ1) is 20.8. The number of aryl methyl sites for hydroxylation is 2. The molecule has 0 unspecified atom stereocenters. The highest BCUT2D eigenvalue weighted by Gasteiger charge is 2.16. The maximum absolute atomic E-state index is 12.6. The van der Waals surface area contributed by atoms with Gasteiger partial charge in [0.2, 0.25) is 5.95 Å². The summed E-state index contributed by atoms with van der Waals surface area (Å²) < 4.78 is 27.7. The topological polar surface area (TPSA) is 117 Å². The van der Waals surface area contributed by atoms with Crippen LogP contribution in [0.2, 0.25) is 0 Å². The quantitative estimate of drug-likeness (QED) is 0.394. The van der Waals surface area contributed by atoms with Crippen LogP contribution in [0.5, 0.6) is 5.75 Å². The Morgan fingerprint density at radius 3 is 2.19 bits per heavy atom. The largest absolute Gasteiger partial charge is 0.508 e. The van der Waals surface area contributed by atoms with Crippen molar-refractivity contribution in [2.45, 2.75) is 18.7 Å². The summed E-state index contributed by atoms with van der Waals surface area (Å²) in [6, 6.07) is 14.9. The van der Waals surface area contributed by atoms with E-state index in [9.17, 15) is 13.5 Å². The van der Waals surface area contributed by atoms with Gasteiger partial charge in [0.1, 0.15) is 5.75 Å². The van der Waals surface area contributed by atoms with Crippen molar-refractivity contribution in [1.82, 2.24) is 15.0 Å². The van der Waals surface area contributed by atoms with Crippen LogP contribution in [0.15, 0.2) is 64.9 Å². The molecular formula is C21H19N5O3S2. The standard InChI is InChI=1S/C21H19N5O3S2/c1-13-11-14(2)23-20(22-13)26-31(28,29)18-9-5-16(6-10-18)24-21-25-19(12-30-21)15-3-7-17(27)8-4-15/h3-12,27H,1-2H3,(H,24,25)(H,22,23,26). The van der Waals surface area contributed by atoms with Gasteiger partial charge >= 0.3 is 0 Å². The van der Waals surface area contributed by atoms with Gasteiger partial charge in [-0.25, -0.2) is 28.1 Å². The molecule has 2 heterocycles. The van der Waals surface area contributed by atoms with Crippen LogP contribution >= 0.6 is 11.3 Å². The van der Waals surface area contributed by atoms with Gasteiger partial charge in [-0.2, -0.15) is 0 Å². The Hall–Kier alpha value is -3.50. The Morgan fingerprint density at radius 1 is 0.903 bits per heavy atom. The molecule has 4 aromatic rings. The van der Waals surface area contributed by atoms with E-state index in [2.05, 4.69) is 25.0 Å². The van der Waals surface area contributed by atoms with Crippen molar-refractivity contribution in [2.75, 3.05) is 10.0 Å². The van der Waals surface area contributed by atoms with E-state index in [-0.39, 0.29) is 16.6 Å². The molecule has 3 N–H and O–H groups in total. The van der Waals surface area contributed by atoms with E-state index in [4.69, 9.17) is 0 Å². The molecule has 2 aromatic heterocycles. The highest BCUT2D eigenvalue weighted by molar-refractivity contribution is 7.92. The van der Waals surface area contributed by atoms with Crippen molar-refractivity contribution in [1.29, 1.82) is 0 Å². The first-order chi connectivity index (χ1) is 14.8. The van der Waals surface area contributed by atoms with Crippen LogP contribution in [0.25, 0.3) is 11.3 Å². The molecule has 0 amide bonds. The molecule has 8 nitrogen and oxygen atoms in total. The molecule has 0 aliphatic heterocycles. The number of benzene rings is 2. The zero-order valence-corrected chi connectivity index (χ0v) is 18.3. The maximum Gasteiger partial charge on any atom is 0.264 e. The van der Waals surface area contributed by atoms with E-state index in [1.807, 2.05) is 5.38 Å². The van der Waals surface area contributed by atoms with Gasteiger partial charge in [0.15, 0.2) is 5.13 Å². The SMILES string of the molecule is Cc1cc(C)nc(NS(=O)(=O)c2ccc(Nc3nc(-c4ccc(O)cc4)cs3)cc2)n1. The predicted octanol–water partition coefficient (Wildman–Crippen LogP) is 4.47. The number of aromatic nitrogens is 3. The van der Waals surface area contributed by atoms with E-state index in [1.165, 1.54) is 23.5 Å². The third kappa shape index (κ3) is 4.98. The van der Waals surface area contributed by atoms with Crippen molar-refractivity contribution >= 4 is 38.1 Å². The summed E-state index contributed by atoms with van der Waals surface area (Å²) in [6.45, 7) is 3.55. The normalized spacial score (nSPS) is 11.3. The summed E-state index contributed by atoms with van der Waals surface area (Å²) in [5.41, 5.74) is 3.74. The Balaban J connectivity index is 1.47. The van der Waals surface area contributed by atoms with Crippen molar-refractivity contribution in [3.05, 3.63) is 71.4 Å². The number of nitrogens with one attached hydrogen (secondary N) is 2. The predicted molar refractivity (Wildman–Crippen MR) is 121 cm³/mol. The molecule has 0 saturated carbocycles. The number of hydrogen-bond donors (Lipinski definition) is 3. The molecule has 0 radical (unpaired) electrons. The van der Waals surface area contributed by atoms with Crippen LogP contribution in [0.3, 0.4) is 0 Å². The van der Waals surface area contributed by atoms with E-state index in [1.54, 1.807) is 56.3 Å². The lowest BCUT2D eigenvalue weighted by molar-refractivity contribution is 0.475. The van der Waals surface area contributed by atoms with Gasteiger partial charge in [-0.05, 0) is 68.4 Å². The van der Waals surface area contributed by atoms with Crippen LogP contribution in [-0.2, 0) is 10.0 Å². The van der Waals surface area contributed by atoms with E-state index >= 15 is 0 Å². The molecule has 0 bridgehead atoms. The fourth-order valence-corrected chi connectivity index (χ4v) is 4.57. The molecule has 0 fully saturated rings. The number of thiazole rings is 1. The number of phenols is 1. The Bertz CT molecular complexity index is 1300. The van der Waals surface area contributed by atoms with E-state index in [0.717, 1.165) is 11.3 Å². The van der Waals surface area contributed by atoms with Gasteiger partial charge < -0.3 is 10.4 Å². The zero-order valence-electron chi connectivity index (χ0n) is 16.7. The summed E-state index contributed by atoms with van der Waals surface area (Å²) in [4.78, 5) is 12.9. The fourth-order valence-electron chi connectivity index (χ4n) is 2.89. The van der Waals surface area contributed by atoms with E-state index < -0.39 is 10.0 Å². The Labute approximate surface area is 183 Å². The minimum Gasteiger partial charge on any atom is -0.508 e. The molecule has 0 spiro atoms. The minimum atomic E-state index is -3.81. The summed E-state index contributed by atoms with van der Waals surface area (Å²) in [5, 5.41) is 15.1. The average Bonchev–Trinajstić information content (AvgIpc) is 3.16. The number of rotatable bonds is 6. The molecule has 0 atom stereocenters. The average molecular weight is 454 g/mol. The van der Waals surface area contributed by atoms with Gasteiger partial charge in [0, 0.05) is 28.0 Å². The summed E-state index contributed by atoms with van der Waals surface area (Å²) in [5.74, 6) is 0.246. The number of anilines is 3. The Kier molecular flexibility index (Phi) is 5.57. The molecular weight excluding hydrogens is 434 g/mol. The van der Waals surface area contributed by atoms with Crippen LogP contribution in [-0.4, -0.2) is 28.5 Å².